The van der Waals surface area contributed by atoms with Gasteiger partial charge in [-0.05, 0) is 56.0 Å². The minimum atomic E-state index is -2.18. The van der Waals surface area contributed by atoms with Gasteiger partial charge in [0, 0.05) is 17.3 Å². The first-order valence-electron chi connectivity index (χ1n) is 10.9. The lowest BCUT2D eigenvalue weighted by atomic mass is 9.85. The molecule has 0 unspecified atom stereocenters. The maximum absolute atomic E-state index is 13.6. The number of nitrogens with one attached hydrogen (secondary N) is 2. The van der Waals surface area contributed by atoms with Crippen LogP contribution in [0.1, 0.15) is 45.1 Å². The van der Waals surface area contributed by atoms with Gasteiger partial charge in [-0.25, -0.2) is 4.79 Å². The van der Waals surface area contributed by atoms with Gasteiger partial charge in [-0.3, -0.25) is 9.69 Å². The van der Waals surface area contributed by atoms with Crippen LogP contribution in [0.3, 0.4) is 0 Å². The van der Waals surface area contributed by atoms with Crippen molar-refractivity contribution in [1.82, 2.24) is 5.32 Å². The molecule has 164 valence electrons. The van der Waals surface area contributed by atoms with Crippen molar-refractivity contribution in [1.29, 1.82) is 0 Å². The summed E-state index contributed by atoms with van der Waals surface area (Å²) in [6, 6.07) is 13.0. The quantitative estimate of drug-likeness (QED) is 0.679. The Morgan fingerprint density at radius 3 is 2.61 bits per heavy atom. The van der Waals surface area contributed by atoms with Crippen molar-refractivity contribution in [3.63, 3.8) is 0 Å². The second-order valence-corrected chi connectivity index (χ2v) is 8.25. The van der Waals surface area contributed by atoms with E-state index in [1.54, 1.807) is 48.5 Å². The highest BCUT2D eigenvalue weighted by atomic mass is 16.5. The molecule has 4 rings (SSSR count). The standard InChI is InChI=1S/C24H29N3O4/c1-3-31-18-14-12-17(13-15-18)27-23(29)26-21-11-7-5-9-19(21)24(27,30)22(28)25-20-10-6-4-8-16(20)2/h5,7,9,11-16,20,30H,3-4,6,8,10H2,1-2H3,(H,25,28)(H,26,29)/t16-,20+,24+/m1/s1. The van der Waals surface area contributed by atoms with E-state index in [0.717, 1.165) is 30.6 Å². The van der Waals surface area contributed by atoms with Crippen LogP contribution < -0.4 is 20.3 Å². The zero-order valence-electron chi connectivity index (χ0n) is 17.9. The maximum Gasteiger partial charge on any atom is 0.329 e. The Hall–Kier alpha value is -3.06. The summed E-state index contributed by atoms with van der Waals surface area (Å²) < 4.78 is 5.48. The van der Waals surface area contributed by atoms with Crippen LogP contribution in [0.5, 0.6) is 5.75 Å². The fourth-order valence-corrected chi connectivity index (χ4v) is 4.52. The average molecular weight is 424 g/mol. The van der Waals surface area contributed by atoms with Crippen LogP contribution in [0, 0.1) is 5.92 Å². The highest BCUT2D eigenvalue weighted by Gasteiger charge is 2.52. The summed E-state index contributed by atoms with van der Waals surface area (Å²) in [5, 5.41) is 17.7. The summed E-state index contributed by atoms with van der Waals surface area (Å²) in [7, 11) is 0. The number of aliphatic hydroxyl groups is 1. The lowest BCUT2D eigenvalue weighted by Gasteiger charge is -2.44. The Bertz CT molecular complexity index is 962. The Morgan fingerprint density at radius 2 is 1.90 bits per heavy atom. The minimum absolute atomic E-state index is 0.0374. The minimum Gasteiger partial charge on any atom is -0.494 e. The van der Waals surface area contributed by atoms with Gasteiger partial charge in [0.25, 0.3) is 11.6 Å². The normalized spacial score (nSPS) is 25.4. The van der Waals surface area contributed by atoms with Gasteiger partial charge in [0.1, 0.15) is 5.75 Å². The van der Waals surface area contributed by atoms with Crippen LogP contribution in [0.4, 0.5) is 16.2 Å². The van der Waals surface area contributed by atoms with Gasteiger partial charge in [-0.1, -0.05) is 38.0 Å². The maximum atomic E-state index is 13.6. The lowest BCUT2D eigenvalue weighted by Crippen LogP contribution is -2.64. The number of carbonyl (C=O) groups is 2. The van der Waals surface area contributed by atoms with E-state index in [4.69, 9.17) is 4.74 Å². The van der Waals surface area contributed by atoms with Crippen molar-refractivity contribution in [2.24, 2.45) is 5.92 Å². The molecule has 0 radical (unpaired) electrons. The predicted octanol–water partition coefficient (Wildman–Crippen LogP) is 3.98. The van der Waals surface area contributed by atoms with Crippen LogP contribution >= 0.6 is 0 Å². The smallest absolute Gasteiger partial charge is 0.329 e. The van der Waals surface area contributed by atoms with E-state index in [9.17, 15) is 14.7 Å². The number of urea groups is 1. The molecule has 3 atom stereocenters. The molecule has 31 heavy (non-hydrogen) atoms. The van der Waals surface area contributed by atoms with Crippen LogP contribution in [0.25, 0.3) is 0 Å². The fraction of sp³-hybridized carbons (Fsp3) is 0.417. The molecule has 1 fully saturated rings. The number of ether oxygens (including phenoxy) is 1. The Labute approximate surface area is 182 Å². The van der Waals surface area contributed by atoms with E-state index in [-0.39, 0.29) is 6.04 Å². The van der Waals surface area contributed by atoms with Crippen LogP contribution in [0.15, 0.2) is 48.5 Å². The molecule has 1 aliphatic heterocycles. The van der Waals surface area contributed by atoms with Crippen LogP contribution in [-0.2, 0) is 10.5 Å². The molecule has 2 aliphatic rings. The average Bonchev–Trinajstić information content (AvgIpc) is 2.76. The van der Waals surface area contributed by atoms with Crippen molar-refractivity contribution in [2.45, 2.75) is 51.3 Å². The van der Waals surface area contributed by atoms with Gasteiger partial charge >= 0.3 is 6.03 Å². The second kappa shape index (κ2) is 8.59. The first-order valence-corrected chi connectivity index (χ1v) is 10.9. The third kappa shape index (κ3) is 3.85. The Balaban J connectivity index is 1.75. The SMILES string of the molecule is CCOc1ccc(N2C(=O)Nc3ccccc3[C@]2(O)C(=O)N[C@H]2CCCC[C@H]2C)cc1. The van der Waals surface area contributed by atoms with Crippen LogP contribution in [-0.4, -0.2) is 29.7 Å². The van der Waals surface area contributed by atoms with Crippen molar-refractivity contribution in [2.75, 3.05) is 16.8 Å². The highest BCUT2D eigenvalue weighted by Crippen LogP contribution is 2.40. The summed E-state index contributed by atoms with van der Waals surface area (Å²) in [4.78, 5) is 27.8. The molecule has 1 saturated carbocycles. The number of nitrogens with zero attached hydrogens (tertiary/aromatic N) is 1. The first kappa shape index (κ1) is 21.2. The van der Waals surface area contributed by atoms with Gasteiger partial charge in [-0.2, -0.15) is 0 Å². The van der Waals surface area contributed by atoms with E-state index in [1.807, 2.05) is 6.92 Å². The summed E-state index contributed by atoms with van der Waals surface area (Å²) in [6.07, 6.45) is 4.07. The molecule has 0 bridgehead atoms. The molecule has 7 heteroatoms. The number of hydrogen-bond acceptors (Lipinski definition) is 4. The van der Waals surface area contributed by atoms with E-state index >= 15 is 0 Å². The molecule has 1 aliphatic carbocycles. The number of rotatable bonds is 5. The third-order valence-electron chi connectivity index (χ3n) is 6.22. The number of carbonyl (C=O) groups excluding carboxylic acids is 2. The topological polar surface area (TPSA) is 90.9 Å². The van der Waals surface area contributed by atoms with E-state index < -0.39 is 17.7 Å². The number of benzene rings is 2. The van der Waals surface area contributed by atoms with E-state index in [2.05, 4.69) is 17.6 Å². The second-order valence-electron chi connectivity index (χ2n) is 8.25. The zero-order chi connectivity index (χ0) is 22.0. The fourth-order valence-electron chi connectivity index (χ4n) is 4.52. The summed E-state index contributed by atoms with van der Waals surface area (Å²) >= 11 is 0. The number of fused-ring (bicyclic) bond motifs is 1. The van der Waals surface area contributed by atoms with Gasteiger partial charge in [0.2, 0.25) is 0 Å². The van der Waals surface area contributed by atoms with Crippen molar-refractivity contribution >= 4 is 23.3 Å². The first-order chi connectivity index (χ1) is 14.9. The van der Waals surface area contributed by atoms with Gasteiger partial charge < -0.3 is 20.5 Å². The highest BCUT2D eigenvalue weighted by molar-refractivity contribution is 6.11. The molecule has 3 N–H and O–H groups in total. The molecule has 7 nitrogen and oxygen atoms in total. The molecular formula is C24H29N3O4. The molecule has 0 saturated heterocycles. The molecular weight excluding hydrogens is 394 g/mol. The predicted molar refractivity (Wildman–Crippen MR) is 119 cm³/mol. The number of anilines is 2. The van der Waals surface area contributed by atoms with Crippen LogP contribution in [0.2, 0.25) is 0 Å². The van der Waals surface area contributed by atoms with Gasteiger partial charge in [-0.15, -0.1) is 0 Å². The number of amides is 3. The summed E-state index contributed by atoms with van der Waals surface area (Å²) in [5.74, 6) is 0.364. The van der Waals surface area contributed by atoms with Gasteiger partial charge in [0.15, 0.2) is 0 Å². The van der Waals surface area contributed by atoms with Gasteiger partial charge in [0.05, 0.1) is 12.3 Å². The molecule has 2 aromatic rings. The third-order valence-corrected chi connectivity index (χ3v) is 6.22. The monoisotopic (exact) mass is 423 g/mol. The van der Waals surface area contributed by atoms with Crippen molar-refractivity contribution in [3.05, 3.63) is 54.1 Å². The molecule has 3 amide bonds. The summed E-state index contributed by atoms with van der Waals surface area (Å²) in [6.45, 7) is 4.51. The molecule has 0 aromatic heterocycles. The molecule has 2 aromatic carbocycles. The van der Waals surface area contributed by atoms with E-state index in [1.165, 1.54) is 0 Å². The Kier molecular flexibility index (Phi) is 5.87. The number of hydrogen-bond donors (Lipinski definition) is 3. The van der Waals surface area contributed by atoms with Crippen molar-refractivity contribution < 1.29 is 19.4 Å². The molecule has 1 heterocycles. The summed E-state index contributed by atoms with van der Waals surface area (Å²) in [5.41, 5.74) is -1.03. The Morgan fingerprint density at radius 1 is 1.19 bits per heavy atom. The lowest BCUT2D eigenvalue weighted by molar-refractivity contribution is -0.141. The molecule has 0 spiro atoms. The largest absolute Gasteiger partial charge is 0.494 e. The van der Waals surface area contributed by atoms with Crippen molar-refractivity contribution in [3.8, 4) is 5.75 Å². The number of para-hydroxylation sites is 1. The zero-order valence-corrected chi connectivity index (χ0v) is 17.9. The van der Waals surface area contributed by atoms with E-state index in [0.29, 0.717) is 35.2 Å².